The van der Waals surface area contributed by atoms with E-state index >= 15 is 0 Å². The number of ether oxygens (including phenoxy) is 1. The molecule has 1 atom stereocenters. The van der Waals surface area contributed by atoms with E-state index in [2.05, 4.69) is 32.6 Å². The highest BCUT2D eigenvalue weighted by molar-refractivity contribution is 5.75. The highest BCUT2D eigenvalue weighted by atomic mass is 16.5. The van der Waals surface area contributed by atoms with Gasteiger partial charge in [0.1, 0.15) is 5.41 Å². The number of carboxylic acid groups (broad SMARTS) is 1. The Hall–Kier alpha value is -0.610. The van der Waals surface area contributed by atoms with Gasteiger partial charge in [-0.3, -0.25) is 9.69 Å². The zero-order valence-corrected chi connectivity index (χ0v) is 12.1. The Balaban J connectivity index is 2.76. The molecule has 0 aromatic carbocycles. The molecule has 1 fully saturated rings. The summed E-state index contributed by atoms with van der Waals surface area (Å²) >= 11 is 0. The molecular formula is C14H27NO3. The molecule has 1 saturated heterocycles. The lowest BCUT2D eigenvalue weighted by Crippen LogP contribution is -2.50. The normalized spacial score (nSPS) is 25.1. The predicted molar refractivity (Wildman–Crippen MR) is 71.7 cm³/mol. The van der Waals surface area contributed by atoms with Crippen LogP contribution in [0.25, 0.3) is 0 Å². The molecule has 0 bridgehead atoms. The lowest BCUT2D eigenvalue weighted by molar-refractivity contribution is -0.160. The van der Waals surface area contributed by atoms with Crippen LogP contribution in [-0.4, -0.2) is 48.3 Å². The first kappa shape index (κ1) is 15.4. The van der Waals surface area contributed by atoms with E-state index in [9.17, 15) is 9.90 Å². The number of carbonyl (C=O) groups is 1. The van der Waals surface area contributed by atoms with E-state index < -0.39 is 11.4 Å². The Morgan fingerprint density at radius 1 is 1.39 bits per heavy atom. The van der Waals surface area contributed by atoms with Gasteiger partial charge in [-0.2, -0.15) is 0 Å². The van der Waals surface area contributed by atoms with Crippen LogP contribution in [0.2, 0.25) is 0 Å². The van der Waals surface area contributed by atoms with Gasteiger partial charge in [0, 0.05) is 25.7 Å². The van der Waals surface area contributed by atoms with Gasteiger partial charge in [-0.1, -0.05) is 13.8 Å². The average Bonchev–Trinajstić information content (AvgIpc) is 2.28. The first-order chi connectivity index (χ1) is 8.37. The first-order valence-corrected chi connectivity index (χ1v) is 6.92. The number of carboxylic acids is 1. The smallest absolute Gasteiger partial charge is 0.313 e. The number of nitrogens with zero attached hydrogens (tertiary/aromatic N) is 1. The maximum absolute atomic E-state index is 11.6. The lowest BCUT2D eigenvalue weighted by atomic mass is 9.81. The van der Waals surface area contributed by atoms with Crippen molar-refractivity contribution in [2.75, 3.05) is 26.3 Å². The minimum Gasteiger partial charge on any atom is -0.481 e. The van der Waals surface area contributed by atoms with Gasteiger partial charge in [-0.05, 0) is 32.6 Å². The van der Waals surface area contributed by atoms with Crippen molar-refractivity contribution in [1.29, 1.82) is 0 Å². The standard InChI is InChI=1S/C14H27NO3/c1-11(2)8-15(12(3)4)9-14(13(16)17)6-5-7-18-10-14/h11-12H,5-10H2,1-4H3,(H,16,17). The molecule has 0 saturated carbocycles. The van der Waals surface area contributed by atoms with Crippen LogP contribution < -0.4 is 0 Å². The molecule has 106 valence electrons. The van der Waals surface area contributed by atoms with Crippen LogP contribution in [0.3, 0.4) is 0 Å². The Kier molecular flexibility index (Phi) is 5.60. The fourth-order valence-corrected chi connectivity index (χ4v) is 2.53. The van der Waals surface area contributed by atoms with Crippen LogP contribution >= 0.6 is 0 Å². The van der Waals surface area contributed by atoms with Gasteiger partial charge in [0.05, 0.1) is 6.61 Å². The summed E-state index contributed by atoms with van der Waals surface area (Å²) in [5.74, 6) is -0.167. The van der Waals surface area contributed by atoms with Gasteiger partial charge in [0.15, 0.2) is 0 Å². The van der Waals surface area contributed by atoms with E-state index in [1.54, 1.807) is 0 Å². The Morgan fingerprint density at radius 2 is 2.06 bits per heavy atom. The molecule has 0 aliphatic carbocycles. The molecule has 1 unspecified atom stereocenters. The average molecular weight is 257 g/mol. The molecule has 1 aliphatic rings. The Labute approximate surface area is 110 Å². The largest absolute Gasteiger partial charge is 0.481 e. The molecule has 4 heteroatoms. The molecule has 0 radical (unpaired) electrons. The molecule has 1 heterocycles. The molecule has 4 nitrogen and oxygen atoms in total. The maximum Gasteiger partial charge on any atom is 0.313 e. The monoisotopic (exact) mass is 257 g/mol. The van der Waals surface area contributed by atoms with Gasteiger partial charge in [0.2, 0.25) is 0 Å². The second-order valence-corrected chi connectivity index (χ2v) is 6.16. The number of aliphatic carboxylic acids is 1. The third-order valence-corrected chi connectivity index (χ3v) is 3.61. The molecule has 1 rings (SSSR count). The maximum atomic E-state index is 11.6. The first-order valence-electron chi connectivity index (χ1n) is 6.92. The molecule has 0 aromatic rings. The summed E-state index contributed by atoms with van der Waals surface area (Å²) < 4.78 is 5.42. The van der Waals surface area contributed by atoms with E-state index in [1.807, 2.05) is 0 Å². The second kappa shape index (κ2) is 6.53. The van der Waals surface area contributed by atoms with Crippen molar-refractivity contribution in [2.45, 2.75) is 46.6 Å². The molecule has 1 aliphatic heterocycles. The van der Waals surface area contributed by atoms with Crippen LogP contribution in [0.1, 0.15) is 40.5 Å². The van der Waals surface area contributed by atoms with Gasteiger partial charge < -0.3 is 9.84 Å². The second-order valence-electron chi connectivity index (χ2n) is 6.16. The van der Waals surface area contributed by atoms with Crippen molar-refractivity contribution >= 4 is 5.97 Å². The highest BCUT2D eigenvalue weighted by Crippen LogP contribution is 2.31. The molecule has 0 spiro atoms. The van der Waals surface area contributed by atoms with Crippen LogP contribution in [0.4, 0.5) is 0 Å². The van der Waals surface area contributed by atoms with Crippen LogP contribution in [0, 0.1) is 11.3 Å². The summed E-state index contributed by atoms with van der Waals surface area (Å²) in [5.41, 5.74) is -0.711. The fourth-order valence-electron chi connectivity index (χ4n) is 2.53. The topological polar surface area (TPSA) is 49.8 Å². The van der Waals surface area contributed by atoms with Crippen LogP contribution in [-0.2, 0) is 9.53 Å². The van der Waals surface area contributed by atoms with Crippen molar-refractivity contribution in [3.63, 3.8) is 0 Å². The van der Waals surface area contributed by atoms with Crippen molar-refractivity contribution in [2.24, 2.45) is 11.3 Å². The zero-order valence-electron chi connectivity index (χ0n) is 12.1. The molecule has 0 amide bonds. The zero-order chi connectivity index (χ0) is 13.8. The summed E-state index contributed by atoms with van der Waals surface area (Å²) in [7, 11) is 0. The summed E-state index contributed by atoms with van der Waals surface area (Å²) in [6.45, 7) is 11.2. The summed E-state index contributed by atoms with van der Waals surface area (Å²) in [6, 6.07) is 0.366. The predicted octanol–water partition coefficient (Wildman–Crippen LogP) is 2.23. The minimum absolute atomic E-state index is 0.351. The van der Waals surface area contributed by atoms with Crippen molar-refractivity contribution in [3.8, 4) is 0 Å². The van der Waals surface area contributed by atoms with Crippen molar-refractivity contribution < 1.29 is 14.6 Å². The minimum atomic E-state index is -0.711. The Bertz CT molecular complexity index is 270. The summed E-state index contributed by atoms with van der Waals surface area (Å²) in [5, 5.41) is 9.55. The van der Waals surface area contributed by atoms with Gasteiger partial charge in [0.25, 0.3) is 0 Å². The van der Waals surface area contributed by atoms with E-state index in [1.165, 1.54) is 0 Å². The van der Waals surface area contributed by atoms with E-state index in [4.69, 9.17) is 4.74 Å². The van der Waals surface area contributed by atoms with E-state index in [0.717, 1.165) is 19.4 Å². The van der Waals surface area contributed by atoms with Crippen molar-refractivity contribution in [1.82, 2.24) is 4.90 Å². The van der Waals surface area contributed by atoms with Gasteiger partial charge in [-0.15, -0.1) is 0 Å². The third kappa shape index (κ3) is 3.95. The summed E-state index contributed by atoms with van der Waals surface area (Å²) in [4.78, 5) is 13.9. The number of rotatable bonds is 6. The molecule has 0 aromatic heterocycles. The van der Waals surface area contributed by atoms with Crippen LogP contribution in [0.5, 0.6) is 0 Å². The molecular weight excluding hydrogens is 230 g/mol. The molecule has 18 heavy (non-hydrogen) atoms. The van der Waals surface area contributed by atoms with E-state index in [-0.39, 0.29) is 0 Å². The molecule has 1 N–H and O–H groups in total. The highest BCUT2D eigenvalue weighted by Gasteiger charge is 2.42. The number of hydrogen-bond donors (Lipinski definition) is 1. The Morgan fingerprint density at radius 3 is 2.44 bits per heavy atom. The van der Waals surface area contributed by atoms with Crippen molar-refractivity contribution in [3.05, 3.63) is 0 Å². The van der Waals surface area contributed by atoms with E-state index in [0.29, 0.717) is 31.7 Å². The van der Waals surface area contributed by atoms with Gasteiger partial charge >= 0.3 is 5.97 Å². The fraction of sp³-hybridized carbons (Fsp3) is 0.929. The number of hydrogen-bond acceptors (Lipinski definition) is 3. The summed E-state index contributed by atoms with van der Waals surface area (Å²) in [6.07, 6.45) is 1.57. The lowest BCUT2D eigenvalue weighted by Gasteiger charge is -2.39. The quantitative estimate of drug-likeness (QED) is 0.793. The third-order valence-electron chi connectivity index (χ3n) is 3.61. The van der Waals surface area contributed by atoms with Gasteiger partial charge in [-0.25, -0.2) is 0 Å². The van der Waals surface area contributed by atoms with Crippen LogP contribution in [0.15, 0.2) is 0 Å². The SMILES string of the molecule is CC(C)CN(CC1(C(=O)O)CCCOC1)C(C)C.